The lowest BCUT2D eigenvalue weighted by Crippen LogP contribution is -2.44. The average Bonchev–Trinajstić information content (AvgIpc) is 3.05. The lowest BCUT2D eigenvalue weighted by Gasteiger charge is -2.32. The lowest BCUT2D eigenvalue weighted by molar-refractivity contribution is 0.0909. The van der Waals surface area contributed by atoms with Crippen LogP contribution in [0.15, 0.2) is 36.4 Å². The molecule has 1 amide bonds. The number of hydrogen-bond donors (Lipinski definition) is 1. The minimum atomic E-state index is -0.822. The van der Waals surface area contributed by atoms with Crippen LogP contribution >= 0.6 is 0 Å². The number of benzene rings is 2. The second-order valence-electron chi connectivity index (χ2n) is 7.73. The molecule has 0 radical (unpaired) electrons. The van der Waals surface area contributed by atoms with Crippen molar-refractivity contribution in [3.63, 3.8) is 0 Å². The van der Waals surface area contributed by atoms with E-state index < -0.39 is 11.6 Å². The zero-order valence-corrected chi connectivity index (χ0v) is 15.9. The van der Waals surface area contributed by atoms with Gasteiger partial charge >= 0.3 is 0 Å². The van der Waals surface area contributed by atoms with Crippen molar-refractivity contribution in [2.24, 2.45) is 0 Å². The van der Waals surface area contributed by atoms with E-state index in [1.807, 2.05) is 25.1 Å². The van der Waals surface area contributed by atoms with E-state index in [4.69, 9.17) is 4.74 Å². The van der Waals surface area contributed by atoms with Gasteiger partial charge in [-0.15, -0.1) is 0 Å². The Bertz CT molecular complexity index is 879. The van der Waals surface area contributed by atoms with Gasteiger partial charge in [-0.3, -0.25) is 9.69 Å². The molecule has 1 atom stereocenters. The molecule has 148 valence electrons. The van der Waals surface area contributed by atoms with Gasteiger partial charge in [0, 0.05) is 37.7 Å². The molecule has 0 bridgehead atoms. The van der Waals surface area contributed by atoms with Crippen LogP contribution in [0.4, 0.5) is 8.78 Å². The Hall–Kier alpha value is -2.47. The van der Waals surface area contributed by atoms with Crippen LogP contribution in [0.5, 0.6) is 5.75 Å². The quantitative estimate of drug-likeness (QED) is 0.872. The summed E-state index contributed by atoms with van der Waals surface area (Å²) < 4.78 is 32.1. The third kappa shape index (κ3) is 4.17. The summed E-state index contributed by atoms with van der Waals surface area (Å²) in [4.78, 5) is 14.8. The van der Waals surface area contributed by atoms with Gasteiger partial charge in [0.25, 0.3) is 5.91 Å². The van der Waals surface area contributed by atoms with Crippen LogP contribution in [0.2, 0.25) is 0 Å². The predicted molar refractivity (Wildman–Crippen MR) is 102 cm³/mol. The van der Waals surface area contributed by atoms with E-state index in [9.17, 15) is 13.6 Å². The molecule has 0 saturated carbocycles. The van der Waals surface area contributed by atoms with Gasteiger partial charge in [0.05, 0.1) is 0 Å². The zero-order valence-electron chi connectivity index (χ0n) is 15.9. The summed E-state index contributed by atoms with van der Waals surface area (Å²) in [5, 5.41) is 3.12. The Morgan fingerprint density at radius 1 is 1.14 bits per heavy atom. The number of hydrogen-bond acceptors (Lipinski definition) is 3. The fraction of sp³-hybridized carbons (Fsp3) is 0.409. The first-order valence-corrected chi connectivity index (χ1v) is 9.74. The molecule has 28 heavy (non-hydrogen) atoms. The third-order valence-corrected chi connectivity index (χ3v) is 5.47. The van der Waals surface area contributed by atoms with Crippen molar-refractivity contribution in [2.45, 2.75) is 44.9 Å². The molecule has 1 N–H and O–H groups in total. The average molecular weight is 386 g/mol. The highest BCUT2D eigenvalue weighted by molar-refractivity contribution is 5.94. The smallest absolute Gasteiger partial charge is 0.251 e. The highest BCUT2D eigenvalue weighted by Gasteiger charge is 2.24. The topological polar surface area (TPSA) is 41.6 Å². The number of rotatable bonds is 4. The van der Waals surface area contributed by atoms with E-state index in [0.29, 0.717) is 12.1 Å². The second-order valence-corrected chi connectivity index (χ2v) is 7.73. The fourth-order valence-corrected chi connectivity index (χ4v) is 3.96. The van der Waals surface area contributed by atoms with Crippen molar-refractivity contribution in [2.75, 3.05) is 13.1 Å². The van der Waals surface area contributed by atoms with Crippen LogP contribution in [0.25, 0.3) is 0 Å². The summed E-state index contributed by atoms with van der Waals surface area (Å²) in [6, 6.07) is 9.76. The standard InChI is InChI=1S/C22H24F2N2O2/c1-14-10-17-12-16(3-5-21(17)28-14)22(27)25-18-6-8-26(9-7-18)13-15-2-4-19(23)20(24)11-15/h2-5,11-12,14,18H,6-10,13H2,1H3,(H,25,27). The minimum absolute atomic E-state index is 0.0543. The number of piperidine rings is 1. The van der Waals surface area contributed by atoms with Gasteiger partial charge in [0.2, 0.25) is 0 Å². The molecule has 2 aromatic carbocycles. The number of ether oxygens (including phenoxy) is 1. The SMILES string of the molecule is CC1Cc2cc(C(=O)NC3CCN(Cc4ccc(F)c(F)c4)CC3)ccc2O1. The van der Waals surface area contributed by atoms with E-state index in [1.54, 1.807) is 6.07 Å². The van der Waals surface area contributed by atoms with E-state index in [0.717, 1.165) is 49.2 Å². The van der Waals surface area contributed by atoms with E-state index in [1.165, 1.54) is 12.1 Å². The Labute approximate surface area is 163 Å². The highest BCUT2D eigenvalue weighted by atomic mass is 19.2. The van der Waals surface area contributed by atoms with Gasteiger partial charge in [-0.1, -0.05) is 6.07 Å². The van der Waals surface area contributed by atoms with Crippen LogP contribution in [0.3, 0.4) is 0 Å². The van der Waals surface area contributed by atoms with Crippen molar-refractivity contribution in [1.82, 2.24) is 10.2 Å². The fourth-order valence-electron chi connectivity index (χ4n) is 3.96. The van der Waals surface area contributed by atoms with Crippen LogP contribution in [-0.2, 0) is 13.0 Å². The summed E-state index contributed by atoms with van der Waals surface area (Å²) in [6.45, 7) is 4.22. The van der Waals surface area contributed by atoms with Crippen molar-refractivity contribution in [1.29, 1.82) is 0 Å². The van der Waals surface area contributed by atoms with Gasteiger partial charge < -0.3 is 10.1 Å². The normalized spacial score (nSPS) is 19.9. The molecule has 0 spiro atoms. The number of nitrogens with zero attached hydrogens (tertiary/aromatic N) is 1. The first-order valence-electron chi connectivity index (χ1n) is 9.74. The molecule has 4 rings (SSSR count). The summed E-state index contributed by atoms with van der Waals surface area (Å²) in [7, 11) is 0. The number of amides is 1. The van der Waals surface area contributed by atoms with Crippen LogP contribution < -0.4 is 10.1 Å². The molecular formula is C22H24F2N2O2. The van der Waals surface area contributed by atoms with Crippen LogP contribution in [-0.4, -0.2) is 36.0 Å². The summed E-state index contributed by atoms with van der Waals surface area (Å²) in [5.41, 5.74) is 2.51. The first-order chi connectivity index (χ1) is 13.5. The van der Waals surface area contributed by atoms with Gasteiger partial charge in [0.15, 0.2) is 11.6 Å². The molecule has 2 aliphatic rings. The molecule has 1 saturated heterocycles. The lowest BCUT2D eigenvalue weighted by atomic mass is 10.0. The number of nitrogens with one attached hydrogen (secondary N) is 1. The molecule has 2 aliphatic heterocycles. The molecule has 0 aliphatic carbocycles. The van der Waals surface area contributed by atoms with Crippen molar-refractivity contribution in [3.8, 4) is 5.75 Å². The molecule has 4 nitrogen and oxygen atoms in total. The largest absolute Gasteiger partial charge is 0.490 e. The maximum absolute atomic E-state index is 13.4. The molecule has 1 fully saturated rings. The van der Waals surface area contributed by atoms with Crippen LogP contribution in [0.1, 0.15) is 41.3 Å². The van der Waals surface area contributed by atoms with Gasteiger partial charge in [-0.2, -0.15) is 0 Å². The monoisotopic (exact) mass is 386 g/mol. The van der Waals surface area contributed by atoms with Gasteiger partial charge in [-0.05, 0) is 61.2 Å². The molecule has 1 unspecified atom stereocenters. The number of halogens is 2. The Balaban J connectivity index is 1.29. The predicted octanol–water partition coefficient (Wildman–Crippen LogP) is 3.68. The summed E-state index contributed by atoms with van der Waals surface area (Å²) >= 11 is 0. The summed E-state index contributed by atoms with van der Waals surface area (Å²) in [5.74, 6) is -0.817. The molecule has 2 heterocycles. The molecule has 2 aromatic rings. The van der Waals surface area contributed by atoms with Gasteiger partial charge in [0.1, 0.15) is 11.9 Å². The molecular weight excluding hydrogens is 362 g/mol. The first kappa shape index (κ1) is 18.9. The Morgan fingerprint density at radius 3 is 2.68 bits per heavy atom. The summed E-state index contributed by atoms with van der Waals surface area (Å²) in [6.07, 6.45) is 2.66. The zero-order chi connectivity index (χ0) is 19.7. The number of likely N-dealkylation sites (tertiary alicyclic amines) is 1. The molecule has 0 aromatic heterocycles. The van der Waals surface area contributed by atoms with E-state index >= 15 is 0 Å². The minimum Gasteiger partial charge on any atom is -0.490 e. The van der Waals surface area contributed by atoms with E-state index in [-0.39, 0.29) is 18.1 Å². The highest BCUT2D eigenvalue weighted by Crippen LogP contribution is 2.29. The molecule has 6 heteroatoms. The van der Waals surface area contributed by atoms with E-state index in [2.05, 4.69) is 10.2 Å². The maximum atomic E-state index is 13.4. The number of fused-ring (bicyclic) bond motifs is 1. The second kappa shape index (κ2) is 7.87. The number of carbonyl (C=O) groups excluding carboxylic acids is 1. The number of carbonyl (C=O) groups is 1. The Kier molecular flexibility index (Phi) is 5.31. The van der Waals surface area contributed by atoms with Gasteiger partial charge in [-0.25, -0.2) is 8.78 Å². The van der Waals surface area contributed by atoms with Crippen molar-refractivity contribution in [3.05, 3.63) is 64.7 Å². The van der Waals surface area contributed by atoms with Crippen LogP contribution in [0, 0.1) is 11.6 Å². The van der Waals surface area contributed by atoms with Crippen molar-refractivity contribution >= 4 is 5.91 Å². The Morgan fingerprint density at radius 2 is 1.93 bits per heavy atom. The van der Waals surface area contributed by atoms with Crippen molar-refractivity contribution < 1.29 is 18.3 Å². The maximum Gasteiger partial charge on any atom is 0.251 e. The third-order valence-electron chi connectivity index (χ3n) is 5.47.